The lowest BCUT2D eigenvalue weighted by Crippen LogP contribution is -2.11. The van der Waals surface area contributed by atoms with E-state index in [1.165, 1.54) is 23.5 Å². The molecule has 6 heteroatoms. The molecule has 0 aliphatic rings. The van der Waals surface area contributed by atoms with Crippen LogP contribution in [0.25, 0.3) is 10.1 Å². The molecule has 3 aromatic rings. The SMILES string of the molecule is CCC(C)OP(=O)(O)C(Cc1ccc(F)cc1)c1sc2ccccc2c1C. The molecule has 0 saturated heterocycles. The standard InChI is InChI=1S/C21H24FO3PS/c1-4-14(2)25-26(23,24)19(13-16-9-11-17(22)12-10-16)21-15(3)18-7-5-6-8-20(18)27-21/h5-12,14,19H,4,13H2,1-3H3,(H,23,24). The van der Waals surface area contributed by atoms with E-state index in [1.807, 2.05) is 38.1 Å². The van der Waals surface area contributed by atoms with Crippen molar-refractivity contribution in [2.24, 2.45) is 0 Å². The summed E-state index contributed by atoms with van der Waals surface area (Å²) in [6.07, 6.45) is 0.656. The molecular weight excluding hydrogens is 382 g/mol. The lowest BCUT2D eigenvalue weighted by molar-refractivity contribution is 0.180. The summed E-state index contributed by atoms with van der Waals surface area (Å²) >= 11 is 1.53. The van der Waals surface area contributed by atoms with Gasteiger partial charge in [-0.25, -0.2) is 4.39 Å². The maximum atomic E-state index is 13.3. The Bertz CT molecular complexity index is 967. The fourth-order valence-electron chi connectivity index (χ4n) is 3.12. The summed E-state index contributed by atoms with van der Waals surface area (Å²) in [6.45, 7) is 5.70. The molecule has 27 heavy (non-hydrogen) atoms. The summed E-state index contributed by atoms with van der Waals surface area (Å²) < 4.78 is 33.2. The van der Waals surface area contributed by atoms with Crippen LogP contribution in [0.3, 0.4) is 0 Å². The highest BCUT2D eigenvalue weighted by molar-refractivity contribution is 7.53. The fraction of sp³-hybridized carbons (Fsp3) is 0.333. The van der Waals surface area contributed by atoms with Crippen LogP contribution in [-0.4, -0.2) is 11.0 Å². The molecule has 1 N–H and O–H groups in total. The first-order chi connectivity index (χ1) is 12.8. The Balaban J connectivity index is 2.06. The molecule has 3 atom stereocenters. The van der Waals surface area contributed by atoms with Crippen LogP contribution >= 0.6 is 18.9 Å². The lowest BCUT2D eigenvalue weighted by atomic mass is 10.1. The van der Waals surface area contributed by atoms with Gasteiger partial charge in [0.1, 0.15) is 5.82 Å². The van der Waals surface area contributed by atoms with E-state index in [2.05, 4.69) is 0 Å². The van der Waals surface area contributed by atoms with E-state index in [0.29, 0.717) is 12.8 Å². The highest BCUT2D eigenvalue weighted by Crippen LogP contribution is 2.61. The third-order valence-corrected chi connectivity index (χ3v) is 8.28. The minimum atomic E-state index is -3.94. The summed E-state index contributed by atoms with van der Waals surface area (Å²) in [5, 5.41) is 1.09. The van der Waals surface area contributed by atoms with Crippen molar-refractivity contribution in [3.63, 3.8) is 0 Å². The van der Waals surface area contributed by atoms with Gasteiger partial charge in [-0.15, -0.1) is 11.3 Å². The van der Waals surface area contributed by atoms with E-state index in [4.69, 9.17) is 4.52 Å². The van der Waals surface area contributed by atoms with Gasteiger partial charge in [-0.05, 0) is 61.4 Å². The molecule has 0 saturated carbocycles. The van der Waals surface area contributed by atoms with Crippen LogP contribution in [0, 0.1) is 12.7 Å². The summed E-state index contributed by atoms with van der Waals surface area (Å²) in [4.78, 5) is 11.7. The molecule has 0 aliphatic heterocycles. The predicted octanol–water partition coefficient (Wildman–Crippen LogP) is 6.63. The zero-order chi connectivity index (χ0) is 19.6. The first-order valence-corrected chi connectivity index (χ1v) is 11.5. The quantitative estimate of drug-likeness (QED) is 0.448. The van der Waals surface area contributed by atoms with Crippen LogP contribution in [0.1, 0.15) is 41.9 Å². The monoisotopic (exact) mass is 406 g/mol. The van der Waals surface area contributed by atoms with Gasteiger partial charge < -0.3 is 9.42 Å². The van der Waals surface area contributed by atoms with E-state index in [-0.39, 0.29) is 11.9 Å². The van der Waals surface area contributed by atoms with Gasteiger partial charge in [0, 0.05) is 9.58 Å². The van der Waals surface area contributed by atoms with Crippen LogP contribution in [0.2, 0.25) is 0 Å². The number of halogens is 1. The Morgan fingerprint density at radius 2 is 1.85 bits per heavy atom. The topological polar surface area (TPSA) is 46.5 Å². The second kappa shape index (κ2) is 8.24. The van der Waals surface area contributed by atoms with E-state index < -0.39 is 13.3 Å². The molecule has 0 amide bonds. The molecule has 144 valence electrons. The highest BCUT2D eigenvalue weighted by atomic mass is 32.1. The summed E-state index contributed by atoms with van der Waals surface area (Å²) in [6, 6.07) is 14.0. The number of thiophene rings is 1. The van der Waals surface area contributed by atoms with Crippen LogP contribution < -0.4 is 0 Å². The Hall–Kier alpha value is -1.52. The van der Waals surface area contributed by atoms with Crippen LogP contribution in [0.4, 0.5) is 4.39 Å². The first kappa shape index (κ1) is 20.2. The smallest absolute Gasteiger partial charge is 0.324 e. The van der Waals surface area contributed by atoms with Crippen molar-refractivity contribution >= 4 is 29.0 Å². The summed E-state index contributed by atoms with van der Waals surface area (Å²) in [5.41, 5.74) is 1.12. The van der Waals surface area contributed by atoms with Crippen molar-refractivity contribution in [3.05, 3.63) is 70.4 Å². The molecule has 0 aliphatic carbocycles. The molecule has 1 heterocycles. The molecule has 0 spiro atoms. The number of hydrogen-bond donors (Lipinski definition) is 1. The number of rotatable bonds is 7. The largest absolute Gasteiger partial charge is 0.336 e. The fourth-order valence-corrected chi connectivity index (χ4v) is 6.61. The van der Waals surface area contributed by atoms with Gasteiger partial charge in [0.15, 0.2) is 0 Å². The van der Waals surface area contributed by atoms with Crippen molar-refractivity contribution in [2.75, 3.05) is 0 Å². The summed E-state index contributed by atoms with van der Waals surface area (Å²) in [7, 11) is -3.94. The van der Waals surface area contributed by atoms with E-state index in [9.17, 15) is 13.8 Å². The molecule has 0 radical (unpaired) electrons. The molecule has 3 unspecified atom stereocenters. The van der Waals surface area contributed by atoms with E-state index in [0.717, 1.165) is 26.1 Å². The number of hydrogen-bond acceptors (Lipinski definition) is 3. The van der Waals surface area contributed by atoms with Gasteiger partial charge in [0.05, 0.1) is 11.8 Å². The number of benzene rings is 2. The maximum absolute atomic E-state index is 13.3. The molecule has 2 aromatic carbocycles. The first-order valence-electron chi connectivity index (χ1n) is 9.05. The number of fused-ring (bicyclic) bond motifs is 1. The van der Waals surface area contributed by atoms with Crippen LogP contribution in [-0.2, 0) is 15.5 Å². The van der Waals surface area contributed by atoms with Crippen molar-refractivity contribution in [1.29, 1.82) is 0 Å². The van der Waals surface area contributed by atoms with Crippen molar-refractivity contribution < 1.29 is 18.4 Å². The zero-order valence-corrected chi connectivity index (χ0v) is 17.4. The van der Waals surface area contributed by atoms with Crippen LogP contribution in [0.15, 0.2) is 48.5 Å². The average molecular weight is 406 g/mol. The summed E-state index contributed by atoms with van der Waals surface area (Å²) in [5.74, 6) is -0.323. The average Bonchev–Trinajstić information content (AvgIpc) is 2.97. The van der Waals surface area contributed by atoms with Crippen molar-refractivity contribution in [3.8, 4) is 0 Å². The lowest BCUT2D eigenvalue weighted by Gasteiger charge is -2.25. The highest BCUT2D eigenvalue weighted by Gasteiger charge is 2.37. The van der Waals surface area contributed by atoms with Gasteiger partial charge in [0.2, 0.25) is 0 Å². The van der Waals surface area contributed by atoms with E-state index >= 15 is 0 Å². The molecule has 3 nitrogen and oxygen atoms in total. The molecular formula is C21H24FO3PS. The van der Waals surface area contributed by atoms with Crippen molar-refractivity contribution in [2.45, 2.75) is 45.4 Å². The van der Waals surface area contributed by atoms with Gasteiger partial charge in [-0.1, -0.05) is 37.3 Å². The predicted molar refractivity (Wildman–Crippen MR) is 110 cm³/mol. The Kier molecular flexibility index (Phi) is 6.17. The Labute approximate surface area is 163 Å². The molecule has 1 aromatic heterocycles. The zero-order valence-electron chi connectivity index (χ0n) is 15.7. The van der Waals surface area contributed by atoms with E-state index in [1.54, 1.807) is 19.1 Å². The van der Waals surface area contributed by atoms with Crippen LogP contribution in [0.5, 0.6) is 0 Å². The third kappa shape index (κ3) is 4.49. The minimum absolute atomic E-state index is 0.314. The second-order valence-electron chi connectivity index (χ2n) is 6.82. The molecule has 3 rings (SSSR count). The van der Waals surface area contributed by atoms with Gasteiger partial charge in [-0.2, -0.15) is 0 Å². The Morgan fingerprint density at radius 1 is 1.19 bits per heavy atom. The third-order valence-electron chi connectivity index (χ3n) is 4.83. The van der Waals surface area contributed by atoms with Gasteiger partial charge in [0.25, 0.3) is 0 Å². The second-order valence-corrected chi connectivity index (χ2v) is 9.87. The molecule has 0 fully saturated rings. The number of aryl methyl sites for hydroxylation is 1. The molecule has 0 bridgehead atoms. The Morgan fingerprint density at radius 3 is 2.48 bits per heavy atom. The maximum Gasteiger partial charge on any atom is 0.336 e. The van der Waals surface area contributed by atoms with Gasteiger partial charge in [-0.3, -0.25) is 4.57 Å². The van der Waals surface area contributed by atoms with Gasteiger partial charge >= 0.3 is 7.60 Å². The minimum Gasteiger partial charge on any atom is -0.324 e. The normalized spacial score (nSPS) is 16.2. The van der Waals surface area contributed by atoms with Crippen molar-refractivity contribution in [1.82, 2.24) is 0 Å².